The van der Waals surface area contributed by atoms with Crippen LogP contribution < -0.4 is 5.32 Å². The van der Waals surface area contributed by atoms with Gasteiger partial charge in [-0.05, 0) is 18.9 Å². The van der Waals surface area contributed by atoms with Crippen molar-refractivity contribution in [3.8, 4) is 11.3 Å². The molecule has 0 unspecified atom stereocenters. The number of aromatic nitrogens is 2. The average Bonchev–Trinajstić information content (AvgIpc) is 3.00. The van der Waals surface area contributed by atoms with Crippen molar-refractivity contribution >= 4 is 5.91 Å². The molecule has 3 N–H and O–H groups in total. The Balaban J connectivity index is 1.69. The lowest BCUT2D eigenvalue weighted by atomic mass is 9.92. The van der Waals surface area contributed by atoms with Crippen LogP contribution in [0.1, 0.15) is 36.2 Å². The lowest BCUT2D eigenvalue weighted by Gasteiger charge is -2.28. The van der Waals surface area contributed by atoms with Crippen LogP contribution in [0.25, 0.3) is 11.3 Å². The Bertz CT molecular complexity index is 609. The molecule has 1 aliphatic rings. The predicted octanol–water partition coefficient (Wildman–Crippen LogP) is 2.11. The summed E-state index contributed by atoms with van der Waals surface area (Å²) in [7, 11) is 0. The fourth-order valence-corrected chi connectivity index (χ4v) is 2.72. The zero-order valence-electron chi connectivity index (χ0n) is 11.7. The molecule has 110 valence electrons. The van der Waals surface area contributed by atoms with Gasteiger partial charge in [-0.15, -0.1) is 0 Å². The van der Waals surface area contributed by atoms with Crippen molar-refractivity contribution in [1.82, 2.24) is 15.5 Å². The number of nitrogens with zero attached hydrogens (tertiary/aromatic N) is 1. The smallest absolute Gasteiger partial charge is 0.269 e. The highest BCUT2D eigenvalue weighted by atomic mass is 16.3. The van der Waals surface area contributed by atoms with E-state index < -0.39 is 6.10 Å². The number of carbonyl (C=O) groups is 1. The molecule has 0 saturated heterocycles. The van der Waals surface area contributed by atoms with Crippen LogP contribution in [0.5, 0.6) is 0 Å². The Morgan fingerprint density at radius 2 is 2.00 bits per heavy atom. The molecule has 21 heavy (non-hydrogen) atoms. The second-order valence-corrected chi connectivity index (χ2v) is 5.46. The van der Waals surface area contributed by atoms with E-state index in [0.717, 1.165) is 36.9 Å². The lowest BCUT2D eigenvalue weighted by molar-refractivity contribution is 0.0714. The van der Waals surface area contributed by atoms with Gasteiger partial charge in [0.1, 0.15) is 5.69 Å². The molecule has 1 aromatic heterocycles. The summed E-state index contributed by atoms with van der Waals surface area (Å²) in [5, 5.41) is 19.7. The first-order chi connectivity index (χ1) is 10.2. The molecule has 1 heterocycles. The number of amides is 1. The third-order valence-electron chi connectivity index (χ3n) is 3.94. The minimum absolute atomic E-state index is 0.158. The van der Waals surface area contributed by atoms with Crippen LogP contribution in [0.3, 0.4) is 0 Å². The SMILES string of the molecule is O=C(N[C@@H]1CCCC[C@H]1O)c1cc(-c2ccccc2)n[nH]1. The Hall–Kier alpha value is -2.14. The molecule has 2 aromatic rings. The van der Waals surface area contributed by atoms with Crippen molar-refractivity contribution in [1.29, 1.82) is 0 Å². The van der Waals surface area contributed by atoms with Crippen LogP contribution in [0.15, 0.2) is 36.4 Å². The summed E-state index contributed by atoms with van der Waals surface area (Å²) in [5.41, 5.74) is 2.13. The summed E-state index contributed by atoms with van der Waals surface area (Å²) in [6.45, 7) is 0. The van der Waals surface area contributed by atoms with E-state index in [-0.39, 0.29) is 11.9 Å². The number of benzene rings is 1. The first-order valence-electron chi connectivity index (χ1n) is 7.34. The van der Waals surface area contributed by atoms with Gasteiger partial charge >= 0.3 is 0 Å². The summed E-state index contributed by atoms with van der Waals surface area (Å²) < 4.78 is 0. The minimum Gasteiger partial charge on any atom is -0.391 e. The van der Waals surface area contributed by atoms with Gasteiger partial charge in [-0.3, -0.25) is 9.89 Å². The van der Waals surface area contributed by atoms with E-state index in [4.69, 9.17) is 0 Å². The largest absolute Gasteiger partial charge is 0.391 e. The quantitative estimate of drug-likeness (QED) is 0.808. The van der Waals surface area contributed by atoms with Gasteiger partial charge in [-0.1, -0.05) is 43.2 Å². The number of carbonyl (C=O) groups excluding carboxylic acids is 1. The zero-order valence-corrected chi connectivity index (χ0v) is 11.7. The third-order valence-corrected chi connectivity index (χ3v) is 3.94. The molecule has 2 atom stereocenters. The second kappa shape index (κ2) is 6.10. The Labute approximate surface area is 123 Å². The van der Waals surface area contributed by atoms with E-state index in [2.05, 4.69) is 15.5 Å². The molecular weight excluding hydrogens is 266 g/mol. The Morgan fingerprint density at radius 3 is 2.76 bits per heavy atom. The molecule has 5 nitrogen and oxygen atoms in total. The van der Waals surface area contributed by atoms with Gasteiger partial charge in [-0.25, -0.2) is 0 Å². The summed E-state index contributed by atoms with van der Waals surface area (Å²) in [4.78, 5) is 12.2. The maximum Gasteiger partial charge on any atom is 0.269 e. The fraction of sp³-hybridized carbons (Fsp3) is 0.375. The van der Waals surface area contributed by atoms with Crippen molar-refractivity contribution in [2.24, 2.45) is 0 Å². The van der Waals surface area contributed by atoms with Gasteiger partial charge < -0.3 is 10.4 Å². The number of hydrogen-bond acceptors (Lipinski definition) is 3. The van der Waals surface area contributed by atoms with Crippen LogP contribution in [-0.4, -0.2) is 33.4 Å². The molecule has 0 bridgehead atoms. The molecule has 1 fully saturated rings. The van der Waals surface area contributed by atoms with Crippen molar-refractivity contribution < 1.29 is 9.90 Å². The molecule has 0 spiro atoms. The number of nitrogens with one attached hydrogen (secondary N) is 2. The predicted molar refractivity (Wildman–Crippen MR) is 79.8 cm³/mol. The maximum atomic E-state index is 12.2. The highest BCUT2D eigenvalue weighted by molar-refractivity contribution is 5.93. The molecule has 0 aliphatic heterocycles. The van der Waals surface area contributed by atoms with Gasteiger partial charge in [0.25, 0.3) is 5.91 Å². The van der Waals surface area contributed by atoms with E-state index in [9.17, 15) is 9.90 Å². The standard InChI is InChI=1S/C16H19N3O2/c20-15-9-5-4-8-12(15)17-16(21)14-10-13(18-19-14)11-6-2-1-3-7-11/h1-3,6-7,10,12,15,20H,4-5,8-9H2,(H,17,21)(H,18,19)/t12-,15-/m1/s1. The summed E-state index contributed by atoms with van der Waals surface area (Å²) in [6.07, 6.45) is 3.20. The van der Waals surface area contributed by atoms with Crippen LogP contribution in [0, 0.1) is 0 Å². The fourth-order valence-electron chi connectivity index (χ4n) is 2.72. The van der Waals surface area contributed by atoms with Crippen molar-refractivity contribution in [3.05, 3.63) is 42.1 Å². The number of aromatic amines is 1. The van der Waals surface area contributed by atoms with Crippen molar-refractivity contribution in [3.63, 3.8) is 0 Å². The summed E-state index contributed by atoms with van der Waals surface area (Å²) in [6, 6.07) is 11.3. The van der Waals surface area contributed by atoms with E-state index in [0.29, 0.717) is 5.69 Å². The second-order valence-electron chi connectivity index (χ2n) is 5.46. The van der Waals surface area contributed by atoms with Crippen LogP contribution in [-0.2, 0) is 0 Å². The Kier molecular flexibility index (Phi) is 4.01. The number of H-pyrrole nitrogens is 1. The molecule has 1 saturated carbocycles. The highest BCUT2D eigenvalue weighted by Gasteiger charge is 2.25. The van der Waals surface area contributed by atoms with E-state index >= 15 is 0 Å². The highest BCUT2D eigenvalue weighted by Crippen LogP contribution is 2.20. The van der Waals surface area contributed by atoms with Gasteiger partial charge in [0.2, 0.25) is 0 Å². The normalized spacial score (nSPS) is 22.0. The summed E-state index contributed by atoms with van der Waals surface area (Å²) in [5.74, 6) is -0.212. The Morgan fingerprint density at radius 1 is 1.24 bits per heavy atom. The van der Waals surface area contributed by atoms with Crippen molar-refractivity contribution in [2.45, 2.75) is 37.8 Å². The molecule has 5 heteroatoms. The topological polar surface area (TPSA) is 78.0 Å². The lowest BCUT2D eigenvalue weighted by Crippen LogP contribution is -2.45. The van der Waals surface area contributed by atoms with E-state index in [1.807, 2.05) is 30.3 Å². The van der Waals surface area contributed by atoms with E-state index in [1.54, 1.807) is 6.07 Å². The molecule has 1 aromatic carbocycles. The molecule has 3 rings (SSSR count). The van der Waals surface area contributed by atoms with Crippen LogP contribution >= 0.6 is 0 Å². The maximum absolute atomic E-state index is 12.2. The van der Waals surface area contributed by atoms with Crippen molar-refractivity contribution in [2.75, 3.05) is 0 Å². The monoisotopic (exact) mass is 285 g/mol. The van der Waals surface area contributed by atoms with Gasteiger partial charge in [0.05, 0.1) is 17.8 Å². The third kappa shape index (κ3) is 3.13. The van der Waals surface area contributed by atoms with Gasteiger partial charge in [-0.2, -0.15) is 5.10 Å². The summed E-state index contributed by atoms with van der Waals surface area (Å²) >= 11 is 0. The number of rotatable bonds is 3. The van der Waals surface area contributed by atoms with Crippen LogP contribution in [0.4, 0.5) is 0 Å². The average molecular weight is 285 g/mol. The number of hydrogen-bond donors (Lipinski definition) is 3. The molecular formula is C16H19N3O2. The minimum atomic E-state index is -0.445. The first kappa shape index (κ1) is 13.8. The molecule has 0 radical (unpaired) electrons. The number of aliphatic hydroxyl groups excluding tert-OH is 1. The van der Waals surface area contributed by atoms with E-state index in [1.165, 1.54) is 0 Å². The van der Waals surface area contributed by atoms with Gasteiger partial charge in [0, 0.05) is 5.56 Å². The van der Waals surface area contributed by atoms with Gasteiger partial charge in [0.15, 0.2) is 0 Å². The van der Waals surface area contributed by atoms with Crippen LogP contribution in [0.2, 0.25) is 0 Å². The molecule has 1 aliphatic carbocycles. The molecule has 1 amide bonds. The number of aliphatic hydroxyl groups is 1. The zero-order chi connectivity index (χ0) is 14.7. The first-order valence-corrected chi connectivity index (χ1v) is 7.34.